The number of rotatable bonds is 5. The molecule has 0 saturated carbocycles. The maximum atomic E-state index is 12.7. The Balaban J connectivity index is 2.77. The highest BCUT2D eigenvalue weighted by Gasteiger charge is 2.18. The van der Waals surface area contributed by atoms with E-state index in [2.05, 4.69) is 4.98 Å². The van der Waals surface area contributed by atoms with Crippen molar-refractivity contribution in [2.24, 2.45) is 0 Å². The van der Waals surface area contributed by atoms with Crippen LogP contribution in [0, 0.1) is 11.3 Å². The molecule has 0 aliphatic rings. The van der Waals surface area contributed by atoms with Crippen LogP contribution in [-0.2, 0) is 6.42 Å². The standard InChI is InChI=1S/C15H15N3O3S/c1-3-10-13(19)17-15(22-9-8-16)18(14(10)20)11-6-4-5-7-12(11)21-2/h4-7,19H,3,9H2,1-2H3. The Hall–Kier alpha value is -2.46. The normalized spacial score (nSPS) is 10.2. The zero-order chi connectivity index (χ0) is 16.1. The van der Waals surface area contributed by atoms with E-state index in [1.807, 2.05) is 6.07 Å². The molecule has 0 amide bonds. The molecule has 0 atom stereocenters. The SMILES string of the molecule is CCc1c(O)nc(SCC#N)n(-c2ccccc2OC)c1=O. The highest BCUT2D eigenvalue weighted by atomic mass is 32.2. The maximum Gasteiger partial charge on any atom is 0.265 e. The first-order chi connectivity index (χ1) is 10.6. The van der Waals surface area contributed by atoms with E-state index in [4.69, 9.17) is 10.00 Å². The predicted molar refractivity (Wildman–Crippen MR) is 83.8 cm³/mol. The van der Waals surface area contributed by atoms with Gasteiger partial charge in [-0.25, -0.2) is 0 Å². The van der Waals surface area contributed by atoms with E-state index in [0.717, 1.165) is 11.8 Å². The number of aromatic hydroxyl groups is 1. The number of thioether (sulfide) groups is 1. The van der Waals surface area contributed by atoms with Crippen molar-refractivity contribution < 1.29 is 9.84 Å². The first-order valence-electron chi connectivity index (χ1n) is 6.62. The van der Waals surface area contributed by atoms with Crippen molar-refractivity contribution in [3.8, 4) is 23.4 Å². The molecule has 0 aliphatic carbocycles. The van der Waals surface area contributed by atoms with E-state index in [-0.39, 0.29) is 27.9 Å². The van der Waals surface area contributed by atoms with Gasteiger partial charge in [-0.15, -0.1) is 0 Å². The summed E-state index contributed by atoms with van der Waals surface area (Å²) in [5.41, 5.74) is 0.393. The lowest BCUT2D eigenvalue weighted by molar-refractivity contribution is 0.408. The Kier molecular flexibility index (Phi) is 5.07. The molecule has 0 bridgehead atoms. The molecular formula is C15H15N3O3S. The van der Waals surface area contributed by atoms with Gasteiger partial charge in [0.15, 0.2) is 5.16 Å². The van der Waals surface area contributed by atoms with Crippen molar-refractivity contribution >= 4 is 11.8 Å². The fourth-order valence-corrected chi connectivity index (χ4v) is 2.71. The average Bonchev–Trinajstić information content (AvgIpc) is 2.53. The van der Waals surface area contributed by atoms with Crippen LogP contribution in [0.15, 0.2) is 34.2 Å². The molecule has 6 nitrogen and oxygen atoms in total. The lowest BCUT2D eigenvalue weighted by atomic mass is 10.2. The van der Waals surface area contributed by atoms with Gasteiger partial charge in [0, 0.05) is 0 Å². The topological polar surface area (TPSA) is 88.1 Å². The summed E-state index contributed by atoms with van der Waals surface area (Å²) in [6.07, 6.45) is 0.357. The van der Waals surface area contributed by atoms with Gasteiger partial charge in [-0.3, -0.25) is 9.36 Å². The molecule has 0 radical (unpaired) electrons. The molecule has 7 heteroatoms. The first-order valence-corrected chi connectivity index (χ1v) is 7.60. The summed E-state index contributed by atoms with van der Waals surface area (Å²) in [6, 6.07) is 9.03. The van der Waals surface area contributed by atoms with Gasteiger partial charge in [-0.05, 0) is 18.6 Å². The molecule has 0 saturated heterocycles. The third kappa shape index (κ3) is 2.92. The second kappa shape index (κ2) is 7.00. The Labute approximate surface area is 132 Å². The minimum atomic E-state index is -0.361. The van der Waals surface area contributed by atoms with Gasteiger partial charge in [0.1, 0.15) is 5.75 Å². The summed E-state index contributed by atoms with van der Waals surface area (Å²) < 4.78 is 6.67. The number of nitrogens with zero attached hydrogens (tertiary/aromatic N) is 3. The first kappa shape index (κ1) is 15.9. The van der Waals surface area contributed by atoms with Gasteiger partial charge < -0.3 is 9.84 Å². The van der Waals surface area contributed by atoms with Crippen LogP contribution >= 0.6 is 11.8 Å². The van der Waals surface area contributed by atoms with Gasteiger partial charge in [0.05, 0.1) is 30.2 Å². The van der Waals surface area contributed by atoms with Crippen LogP contribution in [0.2, 0.25) is 0 Å². The third-order valence-corrected chi connectivity index (χ3v) is 3.87. The number of methoxy groups -OCH3 is 1. The predicted octanol–water partition coefficient (Wildman–Crippen LogP) is 2.12. The second-order valence-electron chi connectivity index (χ2n) is 4.31. The van der Waals surface area contributed by atoms with Crippen LogP contribution in [0.3, 0.4) is 0 Å². The van der Waals surface area contributed by atoms with Crippen molar-refractivity contribution in [3.05, 3.63) is 40.2 Å². The molecule has 1 heterocycles. The van der Waals surface area contributed by atoms with Crippen molar-refractivity contribution in [2.75, 3.05) is 12.9 Å². The van der Waals surface area contributed by atoms with E-state index in [0.29, 0.717) is 17.9 Å². The molecular weight excluding hydrogens is 302 g/mol. The molecule has 0 fully saturated rings. The summed E-state index contributed by atoms with van der Waals surface area (Å²) in [5, 5.41) is 18.9. The van der Waals surface area contributed by atoms with Gasteiger partial charge >= 0.3 is 0 Å². The summed E-state index contributed by atoms with van der Waals surface area (Å²) in [5.74, 6) is 0.337. The van der Waals surface area contributed by atoms with Crippen LogP contribution in [-0.4, -0.2) is 27.5 Å². The second-order valence-corrected chi connectivity index (χ2v) is 5.25. The van der Waals surface area contributed by atoms with Crippen molar-refractivity contribution in [1.82, 2.24) is 9.55 Å². The van der Waals surface area contributed by atoms with Crippen LogP contribution in [0.25, 0.3) is 5.69 Å². The summed E-state index contributed by atoms with van der Waals surface area (Å²) in [6.45, 7) is 1.77. The minimum absolute atomic E-state index is 0.118. The van der Waals surface area contributed by atoms with Crippen LogP contribution in [0.1, 0.15) is 12.5 Å². The van der Waals surface area contributed by atoms with E-state index in [9.17, 15) is 9.90 Å². The van der Waals surface area contributed by atoms with E-state index in [1.165, 1.54) is 11.7 Å². The number of hydrogen-bond donors (Lipinski definition) is 1. The fourth-order valence-electron chi connectivity index (χ4n) is 2.06. The molecule has 0 aliphatic heterocycles. The van der Waals surface area contributed by atoms with Crippen molar-refractivity contribution in [3.63, 3.8) is 0 Å². The van der Waals surface area contributed by atoms with Crippen LogP contribution in [0.5, 0.6) is 11.6 Å². The molecule has 0 spiro atoms. The van der Waals surface area contributed by atoms with Gasteiger partial charge in [-0.2, -0.15) is 10.2 Å². The largest absolute Gasteiger partial charge is 0.495 e. The Morgan fingerprint density at radius 1 is 1.45 bits per heavy atom. The highest BCUT2D eigenvalue weighted by Crippen LogP contribution is 2.27. The van der Waals surface area contributed by atoms with Crippen molar-refractivity contribution in [1.29, 1.82) is 5.26 Å². The lowest BCUT2D eigenvalue weighted by Gasteiger charge is -2.15. The molecule has 2 aromatic rings. The third-order valence-electron chi connectivity index (χ3n) is 3.07. The molecule has 1 aromatic carbocycles. The molecule has 1 aromatic heterocycles. The number of para-hydroxylation sites is 2. The monoisotopic (exact) mass is 317 g/mol. The Morgan fingerprint density at radius 3 is 2.82 bits per heavy atom. The number of ether oxygens (including phenoxy) is 1. The number of hydrogen-bond acceptors (Lipinski definition) is 6. The maximum absolute atomic E-state index is 12.7. The zero-order valence-electron chi connectivity index (χ0n) is 12.2. The lowest BCUT2D eigenvalue weighted by Crippen LogP contribution is -2.25. The Morgan fingerprint density at radius 2 is 2.18 bits per heavy atom. The number of nitriles is 1. The van der Waals surface area contributed by atoms with Crippen LogP contribution in [0.4, 0.5) is 0 Å². The number of aromatic nitrogens is 2. The van der Waals surface area contributed by atoms with Gasteiger partial charge in [-0.1, -0.05) is 30.8 Å². The van der Waals surface area contributed by atoms with E-state index < -0.39 is 0 Å². The zero-order valence-corrected chi connectivity index (χ0v) is 13.1. The quantitative estimate of drug-likeness (QED) is 0.671. The minimum Gasteiger partial charge on any atom is -0.495 e. The van der Waals surface area contributed by atoms with Crippen molar-refractivity contribution in [2.45, 2.75) is 18.5 Å². The number of benzene rings is 1. The summed E-state index contributed by atoms with van der Waals surface area (Å²) in [7, 11) is 1.51. The fraction of sp³-hybridized carbons (Fsp3) is 0.267. The summed E-state index contributed by atoms with van der Waals surface area (Å²) in [4.78, 5) is 16.8. The highest BCUT2D eigenvalue weighted by molar-refractivity contribution is 7.99. The average molecular weight is 317 g/mol. The summed E-state index contributed by atoms with van der Waals surface area (Å²) >= 11 is 1.08. The molecule has 2 rings (SSSR count). The smallest absolute Gasteiger partial charge is 0.265 e. The Bertz CT molecular complexity index is 781. The molecule has 0 unspecified atom stereocenters. The molecule has 22 heavy (non-hydrogen) atoms. The van der Waals surface area contributed by atoms with E-state index in [1.54, 1.807) is 31.2 Å². The van der Waals surface area contributed by atoms with Gasteiger partial charge in [0.2, 0.25) is 5.88 Å². The molecule has 114 valence electrons. The van der Waals surface area contributed by atoms with Crippen LogP contribution < -0.4 is 10.3 Å². The van der Waals surface area contributed by atoms with E-state index >= 15 is 0 Å². The molecule has 1 N–H and O–H groups in total. The van der Waals surface area contributed by atoms with Gasteiger partial charge in [0.25, 0.3) is 5.56 Å².